The Balaban J connectivity index is 2.16. The molecule has 20 heavy (non-hydrogen) atoms. The number of nitrogens with zero attached hydrogens (tertiary/aromatic N) is 2. The van der Waals surface area contributed by atoms with Gasteiger partial charge in [-0.1, -0.05) is 25.1 Å². The highest BCUT2D eigenvalue weighted by molar-refractivity contribution is 7.98. The molecule has 0 bridgehead atoms. The third kappa shape index (κ3) is 3.73. The first-order valence-corrected chi connectivity index (χ1v) is 8.01. The van der Waals surface area contributed by atoms with Gasteiger partial charge in [0.1, 0.15) is 11.6 Å². The van der Waals surface area contributed by atoms with Crippen LogP contribution in [0.4, 0.5) is 5.82 Å². The molecule has 0 radical (unpaired) electrons. The van der Waals surface area contributed by atoms with Crippen molar-refractivity contribution >= 4 is 17.6 Å². The molecule has 2 rings (SSSR count). The maximum Gasteiger partial charge on any atom is 0.141 e. The van der Waals surface area contributed by atoms with E-state index < -0.39 is 0 Å². The lowest BCUT2D eigenvalue weighted by Gasteiger charge is -2.12. The van der Waals surface area contributed by atoms with E-state index in [0.717, 1.165) is 36.1 Å². The van der Waals surface area contributed by atoms with Gasteiger partial charge in [-0.25, -0.2) is 9.97 Å². The predicted molar refractivity (Wildman–Crippen MR) is 86.3 cm³/mol. The van der Waals surface area contributed by atoms with Crippen LogP contribution in [0.2, 0.25) is 0 Å². The van der Waals surface area contributed by atoms with E-state index in [4.69, 9.17) is 0 Å². The molecular weight excluding hydrogens is 266 g/mol. The molecule has 0 spiro atoms. The van der Waals surface area contributed by atoms with Crippen LogP contribution < -0.4 is 5.32 Å². The average Bonchev–Trinajstić information content (AvgIpc) is 2.49. The van der Waals surface area contributed by atoms with Crippen LogP contribution in [0.3, 0.4) is 0 Å². The van der Waals surface area contributed by atoms with Gasteiger partial charge in [0.25, 0.3) is 0 Å². The normalized spacial score (nSPS) is 10.6. The van der Waals surface area contributed by atoms with Gasteiger partial charge in [0, 0.05) is 22.7 Å². The summed E-state index contributed by atoms with van der Waals surface area (Å²) in [5, 5.41) is 3.33. The molecule has 0 aliphatic heterocycles. The van der Waals surface area contributed by atoms with E-state index >= 15 is 0 Å². The Morgan fingerprint density at radius 2 is 1.85 bits per heavy atom. The van der Waals surface area contributed by atoms with Gasteiger partial charge in [-0.15, -0.1) is 11.8 Å². The molecule has 1 heterocycles. The Bertz CT molecular complexity index is 555. The first-order valence-electron chi connectivity index (χ1n) is 7.02. The van der Waals surface area contributed by atoms with Crippen molar-refractivity contribution in [3.05, 3.63) is 47.4 Å². The van der Waals surface area contributed by atoms with E-state index in [1.54, 1.807) is 11.8 Å². The third-order valence-corrected chi connectivity index (χ3v) is 4.09. The topological polar surface area (TPSA) is 37.8 Å². The van der Waals surface area contributed by atoms with Crippen LogP contribution in [0, 0.1) is 6.92 Å². The third-order valence-electron chi connectivity index (χ3n) is 3.08. The zero-order valence-electron chi connectivity index (χ0n) is 12.3. The summed E-state index contributed by atoms with van der Waals surface area (Å²) in [5.41, 5.74) is 2.31. The molecule has 1 N–H and O–H groups in total. The van der Waals surface area contributed by atoms with E-state index in [1.807, 2.05) is 6.07 Å². The Hall–Kier alpha value is -1.55. The van der Waals surface area contributed by atoms with Crippen molar-refractivity contribution in [1.29, 1.82) is 0 Å². The number of aromatic nitrogens is 2. The molecule has 0 aliphatic rings. The number of benzene rings is 1. The largest absolute Gasteiger partial charge is 0.370 e. The van der Waals surface area contributed by atoms with Crippen LogP contribution in [-0.4, -0.2) is 16.5 Å². The summed E-state index contributed by atoms with van der Waals surface area (Å²) in [4.78, 5) is 10.6. The van der Waals surface area contributed by atoms with Gasteiger partial charge < -0.3 is 5.32 Å². The minimum Gasteiger partial charge on any atom is -0.370 e. The SMILES string of the molecule is CCNc1nc(CSc2ccccc2)nc(CC)c1C. The number of nitrogens with one attached hydrogen (secondary N) is 1. The quantitative estimate of drug-likeness (QED) is 0.813. The second-order valence-electron chi connectivity index (χ2n) is 4.55. The second kappa shape index (κ2) is 7.29. The Kier molecular flexibility index (Phi) is 5.41. The fraction of sp³-hybridized carbons (Fsp3) is 0.375. The number of thioether (sulfide) groups is 1. The summed E-state index contributed by atoms with van der Waals surface area (Å²) in [5.74, 6) is 2.68. The molecule has 0 unspecified atom stereocenters. The lowest BCUT2D eigenvalue weighted by atomic mass is 10.2. The van der Waals surface area contributed by atoms with E-state index in [-0.39, 0.29) is 0 Å². The zero-order valence-corrected chi connectivity index (χ0v) is 13.1. The summed E-state index contributed by atoms with van der Waals surface area (Å²) in [6, 6.07) is 10.4. The molecule has 0 aliphatic carbocycles. The summed E-state index contributed by atoms with van der Waals surface area (Å²) in [6.45, 7) is 7.20. The number of rotatable bonds is 6. The number of anilines is 1. The van der Waals surface area contributed by atoms with Gasteiger partial charge in [0.2, 0.25) is 0 Å². The summed E-state index contributed by atoms with van der Waals surface area (Å²) in [7, 11) is 0. The molecule has 106 valence electrons. The van der Waals surface area contributed by atoms with Gasteiger partial charge in [-0.05, 0) is 32.4 Å². The average molecular weight is 287 g/mol. The number of hydrogen-bond donors (Lipinski definition) is 1. The maximum atomic E-state index is 4.68. The van der Waals surface area contributed by atoms with Crippen molar-refractivity contribution < 1.29 is 0 Å². The fourth-order valence-corrected chi connectivity index (χ4v) is 2.80. The molecule has 1 aromatic heterocycles. The van der Waals surface area contributed by atoms with Crippen molar-refractivity contribution in [2.45, 2.75) is 37.8 Å². The van der Waals surface area contributed by atoms with Crippen molar-refractivity contribution in [3.63, 3.8) is 0 Å². The molecule has 2 aromatic rings. The second-order valence-corrected chi connectivity index (χ2v) is 5.59. The van der Waals surface area contributed by atoms with Gasteiger partial charge in [0.05, 0.1) is 5.75 Å². The number of hydrogen-bond acceptors (Lipinski definition) is 4. The highest BCUT2D eigenvalue weighted by Crippen LogP contribution is 2.23. The van der Waals surface area contributed by atoms with E-state index in [9.17, 15) is 0 Å². The van der Waals surface area contributed by atoms with Crippen LogP contribution in [0.15, 0.2) is 35.2 Å². The van der Waals surface area contributed by atoms with Crippen LogP contribution >= 0.6 is 11.8 Å². The van der Waals surface area contributed by atoms with Crippen LogP contribution in [0.1, 0.15) is 30.9 Å². The smallest absolute Gasteiger partial charge is 0.141 e. The lowest BCUT2D eigenvalue weighted by molar-refractivity contribution is 0.914. The lowest BCUT2D eigenvalue weighted by Crippen LogP contribution is -2.08. The van der Waals surface area contributed by atoms with Crippen molar-refractivity contribution in [2.75, 3.05) is 11.9 Å². The predicted octanol–water partition coefficient (Wildman–Crippen LogP) is 4.07. The molecule has 0 saturated heterocycles. The van der Waals surface area contributed by atoms with Crippen molar-refractivity contribution in [1.82, 2.24) is 9.97 Å². The molecule has 3 nitrogen and oxygen atoms in total. The standard InChI is InChI=1S/C16H21N3S/c1-4-14-12(3)16(17-5-2)19-15(18-14)11-20-13-9-7-6-8-10-13/h6-10H,4-5,11H2,1-3H3,(H,17,18,19). The van der Waals surface area contributed by atoms with Gasteiger partial charge in [-0.3, -0.25) is 0 Å². The van der Waals surface area contributed by atoms with Crippen molar-refractivity contribution in [3.8, 4) is 0 Å². The minimum atomic E-state index is 0.801. The van der Waals surface area contributed by atoms with Gasteiger partial charge in [-0.2, -0.15) is 0 Å². The molecule has 1 aromatic carbocycles. The highest BCUT2D eigenvalue weighted by atomic mass is 32.2. The van der Waals surface area contributed by atoms with Gasteiger partial charge >= 0.3 is 0 Å². The van der Waals surface area contributed by atoms with Crippen LogP contribution in [0.5, 0.6) is 0 Å². The van der Waals surface area contributed by atoms with Crippen LogP contribution in [-0.2, 0) is 12.2 Å². The monoisotopic (exact) mass is 287 g/mol. The number of aryl methyl sites for hydroxylation is 1. The Labute approximate surface area is 125 Å². The molecule has 0 atom stereocenters. The first-order chi connectivity index (χ1) is 9.74. The highest BCUT2D eigenvalue weighted by Gasteiger charge is 2.09. The summed E-state index contributed by atoms with van der Waals surface area (Å²) < 4.78 is 0. The minimum absolute atomic E-state index is 0.801. The molecule has 4 heteroatoms. The fourth-order valence-electron chi connectivity index (χ4n) is 2.03. The molecular formula is C16H21N3S. The molecule has 0 fully saturated rings. The summed E-state index contributed by atoms with van der Waals surface area (Å²) >= 11 is 1.77. The first kappa shape index (κ1) is 14.9. The zero-order chi connectivity index (χ0) is 14.4. The van der Waals surface area contributed by atoms with Gasteiger partial charge in [0.15, 0.2) is 0 Å². The molecule has 0 amide bonds. The Morgan fingerprint density at radius 1 is 1.10 bits per heavy atom. The van der Waals surface area contributed by atoms with E-state index in [0.29, 0.717) is 0 Å². The summed E-state index contributed by atoms with van der Waals surface area (Å²) in [6.07, 6.45) is 0.940. The Morgan fingerprint density at radius 3 is 2.50 bits per heavy atom. The van der Waals surface area contributed by atoms with Crippen LogP contribution in [0.25, 0.3) is 0 Å². The van der Waals surface area contributed by atoms with E-state index in [2.05, 4.69) is 60.3 Å². The molecule has 0 saturated carbocycles. The van der Waals surface area contributed by atoms with Crippen molar-refractivity contribution in [2.24, 2.45) is 0 Å². The van der Waals surface area contributed by atoms with E-state index in [1.165, 1.54) is 10.5 Å². The maximum absolute atomic E-state index is 4.68.